The topological polar surface area (TPSA) is 48.1 Å². The summed E-state index contributed by atoms with van der Waals surface area (Å²) in [7, 11) is 0. The summed E-state index contributed by atoms with van der Waals surface area (Å²) in [5, 5.41) is 0.314. The maximum Gasteiger partial charge on any atom is 0.573 e. The molecule has 1 aromatic heterocycles. The Morgan fingerprint density at radius 3 is 2.73 bits per heavy atom. The van der Waals surface area contributed by atoms with Gasteiger partial charge in [-0.05, 0) is 12.1 Å². The maximum atomic E-state index is 11.9. The molecule has 7 heteroatoms. The Kier molecular flexibility index (Phi) is 2.18. The molecule has 15 heavy (non-hydrogen) atoms. The summed E-state index contributed by atoms with van der Waals surface area (Å²) in [4.78, 5) is 3.91. The van der Waals surface area contributed by atoms with Crippen molar-refractivity contribution in [1.29, 1.82) is 0 Å². The summed E-state index contributed by atoms with van der Waals surface area (Å²) < 4.78 is 40.0. The number of alkyl halides is 3. The molecule has 0 saturated heterocycles. The van der Waals surface area contributed by atoms with Gasteiger partial charge >= 0.3 is 6.36 Å². The number of ether oxygens (including phenoxy) is 1. The highest BCUT2D eigenvalue weighted by molar-refractivity contribution is 7.22. The van der Waals surface area contributed by atoms with E-state index in [0.29, 0.717) is 15.3 Å². The maximum absolute atomic E-state index is 11.9. The van der Waals surface area contributed by atoms with Crippen molar-refractivity contribution < 1.29 is 17.9 Å². The lowest BCUT2D eigenvalue weighted by Crippen LogP contribution is -2.16. The molecular formula is C8H5F3N2OS. The van der Waals surface area contributed by atoms with Crippen LogP contribution in [0.5, 0.6) is 5.75 Å². The summed E-state index contributed by atoms with van der Waals surface area (Å²) >= 11 is 1.11. The van der Waals surface area contributed by atoms with Crippen LogP contribution >= 0.6 is 11.3 Å². The molecule has 80 valence electrons. The van der Waals surface area contributed by atoms with Crippen LogP contribution in [0, 0.1) is 0 Å². The molecule has 0 amide bonds. The number of benzene rings is 1. The third kappa shape index (κ3) is 2.30. The van der Waals surface area contributed by atoms with E-state index < -0.39 is 6.36 Å². The number of hydrogen-bond donors (Lipinski definition) is 1. The van der Waals surface area contributed by atoms with Crippen LogP contribution in [0.3, 0.4) is 0 Å². The van der Waals surface area contributed by atoms with E-state index in [1.165, 1.54) is 18.2 Å². The van der Waals surface area contributed by atoms with Gasteiger partial charge in [0.1, 0.15) is 5.75 Å². The van der Waals surface area contributed by atoms with Crippen LogP contribution in [0.1, 0.15) is 0 Å². The Balaban J connectivity index is 2.38. The second kappa shape index (κ2) is 3.27. The molecule has 3 nitrogen and oxygen atoms in total. The average molecular weight is 240 g/mol. The van der Waals surface area contributed by atoms with Crippen molar-refractivity contribution in [2.75, 3.05) is 5.73 Å². The quantitative estimate of drug-likeness (QED) is 0.833. The number of aromatic nitrogens is 1. The second-order valence-corrected chi connectivity index (χ2v) is 3.79. The zero-order valence-electron chi connectivity index (χ0n) is 7.21. The van der Waals surface area contributed by atoms with Crippen LogP contribution in [0.2, 0.25) is 0 Å². The van der Waals surface area contributed by atoms with E-state index in [0.717, 1.165) is 11.3 Å². The summed E-state index contributed by atoms with van der Waals surface area (Å²) in [6.07, 6.45) is -4.68. The Hall–Kier alpha value is -1.50. The van der Waals surface area contributed by atoms with Crippen LogP contribution in [-0.4, -0.2) is 11.3 Å². The molecule has 0 saturated carbocycles. The molecule has 0 aliphatic rings. The number of nitrogens with zero attached hydrogens (tertiary/aromatic N) is 1. The van der Waals surface area contributed by atoms with E-state index in [2.05, 4.69) is 9.72 Å². The van der Waals surface area contributed by atoms with Gasteiger partial charge in [-0.3, -0.25) is 0 Å². The van der Waals surface area contributed by atoms with Crippen molar-refractivity contribution in [3.8, 4) is 5.75 Å². The van der Waals surface area contributed by atoms with Crippen molar-refractivity contribution in [1.82, 2.24) is 4.98 Å². The normalized spacial score (nSPS) is 11.9. The third-order valence-corrected chi connectivity index (χ3v) is 2.46. The van der Waals surface area contributed by atoms with Gasteiger partial charge in [-0.2, -0.15) is 0 Å². The third-order valence-electron chi connectivity index (χ3n) is 1.61. The van der Waals surface area contributed by atoms with Crippen molar-refractivity contribution >= 4 is 26.7 Å². The van der Waals surface area contributed by atoms with Gasteiger partial charge in [-0.1, -0.05) is 11.3 Å². The van der Waals surface area contributed by atoms with Gasteiger partial charge in [0.25, 0.3) is 0 Å². The molecule has 0 radical (unpaired) electrons. The van der Waals surface area contributed by atoms with Crippen molar-refractivity contribution in [2.45, 2.75) is 6.36 Å². The molecule has 0 aliphatic carbocycles. The molecule has 0 unspecified atom stereocenters. The summed E-state index contributed by atoms with van der Waals surface area (Å²) in [5.41, 5.74) is 5.97. The summed E-state index contributed by atoms with van der Waals surface area (Å²) in [5.74, 6) is -0.265. The van der Waals surface area contributed by atoms with Crippen LogP contribution in [-0.2, 0) is 0 Å². The Bertz CT molecular complexity index is 494. The molecule has 0 aliphatic heterocycles. The van der Waals surface area contributed by atoms with Gasteiger partial charge in [0.2, 0.25) is 0 Å². The zero-order valence-corrected chi connectivity index (χ0v) is 8.02. The predicted molar refractivity (Wildman–Crippen MR) is 50.7 cm³/mol. The van der Waals surface area contributed by atoms with Crippen LogP contribution in [0.25, 0.3) is 10.2 Å². The van der Waals surface area contributed by atoms with E-state index in [1.54, 1.807) is 0 Å². The number of halogens is 3. The van der Waals surface area contributed by atoms with Gasteiger partial charge in [-0.15, -0.1) is 13.2 Å². The molecule has 2 rings (SSSR count). The van der Waals surface area contributed by atoms with Gasteiger partial charge in [0, 0.05) is 6.07 Å². The minimum Gasteiger partial charge on any atom is -0.406 e. The highest BCUT2D eigenvalue weighted by Crippen LogP contribution is 2.30. The van der Waals surface area contributed by atoms with Crippen LogP contribution in [0.15, 0.2) is 18.2 Å². The standard InChI is InChI=1S/C8H5F3N2OS/c9-8(10,11)14-4-1-2-5-6(3-4)15-7(12)13-5/h1-3H,(H2,12,13)/i1+1,2+1,3+1,4+1,5+1,6+1. The lowest BCUT2D eigenvalue weighted by molar-refractivity contribution is -0.274. The molecule has 2 N–H and O–H groups in total. The Labute approximate surface area is 86.3 Å². The summed E-state index contributed by atoms with van der Waals surface area (Å²) in [6, 6.07) is 3.90. The first-order chi connectivity index (χ1) is 6.94. The van der Waals surface area contributed by atoms with E-state index in [9.17, 15) is 13.2 Å². The molecule has 0 fully saturated rings. The van der Waals surface area contributed by atoms with E-state index in [1.807, 2.05) is 0 Å². The number of anilines is 1. The number of nitrogens with two attached hydrogens (primary N) is 1. The van der Waals surface area contributed by atoms with E-state index in [4.69, 9.17) is 5.73 Å². The predicted octanol–water partition coefficient (Wildman–Crippen LogP) is 2.78. The Morgan fingerprint density at radius 1 is 1.33 bits per heavy atom. The average Bonchev–Trinajstić information content (AvgIpc) is 2.40. The lowest BCUT2D eigenvalue weighted by atomic mass is 11.2. The Morgan fingerprint density at radius 2 is 2.07 bits per heavy atom. The zero-order chi connectivity index (χ0) is 11.1. The molecular weight excluding hydrogens is 235 g/mol. The first-order valence-electron chi connectivity index (χ1n) is 3.86. The van der Waals surface area contributed by atoms with E-state index in [-0.39, 0.29) is 5.75 Å². The number of rotatable bonds is 1. The monoisotopic (exact) mass is 240 g/mol. The minimum absolute atomic E-state index is 0.265. The first kappa shape index (κ1) is 10.0. The highest BCUT2D eigenvalue weighted by Gasteiger charge is 2.31. The fourth-order valence-corrected chi connectivity index (χ4v) is 1.88. The summed E-state index contributed by atoms with van der Waals surface area (Å²) in [6.45, 7) is 0. The van der Waals surface area contributed by atoms with Crippen molar-refractivity contribution in [3.05, 3.63) is 18.2 Å². The largest absolute Gasteiger partial charge is 0.573 e. The number of thiazole rings is 1. The smallest absolute Gasteiger partial charge is 0.406 e. The number of hydrogen-bond acceptors (Lipinski definition) is 4. The second-order valence-electron chi connectivity index (χ2n) is 2.73. The fraction of sp³-hybridized carbons (Fsp3) is 0.125. The van der Waals surface area contributed by atoms with Crippen molar-refractivity contribution in [3.63, 3.8) is 0 Å². The molecule has 0 atom stereocenters. The molecule has 2 aromatic rings. The lowest BCUT2D eigenvalue weighted by Gasteiger charge is -2.07. The minimum atomic E-state index is -4.68. The molecule has 0 bridgehead atoms. The van der Waals surface area contributed by atoms with Gasteiger partial charge in [0.15, 0.2) is 5.13 Å². The highest BCUT2D eigenvalue weighted by atomic mass is 32.1. The number of nitrogen functional groups attached to an aromatic ring is 1. The van der Waals surface area contributed by atoms with Crippen LogP contribution in [0.4, 0.5) is 18.3 Å². The fourth-order valence-electron chi connectivity index (χ4n) is 1.12. The SMILES string of the molecule is Nc1n[13c]2[13cH][13cH][13c](OC(F)(F)F)[13cH][13c]2s1. The molecule has 1 heterocycles. The molecule has 0 spiro atoms. The van der Waals surface area contributed by atoms with Gasteiger partial charge in [-0.25, -0.2) is 4.98 Å². The van der Waals surface area contributed by atoms with Crippen molar-refractivity contribution in [2.24, 2.45) is 0 Å². The van der Waals surface area contributed by atoms with Gasteiger partial charge in [0.05, 0.1) is 10.2 Å². The molecule has 1 aromatic carbocycles. The van der Waals surface area contributed by atoms with Crippen LogP contribution < -0.4 is 10.5 Å². The number of fused-ring (bicyclic) bond motifs is 1. The van der Waals surface area contributed by atoms with Gasteiger partial charge < -0.3 is 10.5 Å². The first-order valence-corrected chi connectivity index (χ1v) is 4.67. The van der Waals surface area contributed by atoms with E-state index >= 15 is 0 Å².